The van der Waals surface area contributed by atoms with Crippen molar-refractivity contribution in [2.24, 2.45) is 0 Å². The normalized spacial score (nSPS) is 21.3. The molecule has 1 fully saturated rings. The van der Waals surface area contributed by atoms with E-state index in [0.717, 1.165) is 5.56 Å². The maximum atomic E-state index is 11.4. The van der Waals surface area contributed by atoms with Gasteiger partial charge in [-0.25, -0.2) is 8.42 Å². The number of sulfone groups is 1. The van der Waals surface area contributed by atoms with E-state index >= 15 is 0 Å². The largest absolute Gasteiger partial charge is 0.493 e. The molecule has 1 heterocycles. The smallest absolute Gasteiger partial charge is 0.161 e. The Balaban J connectivity index is 1.97. The van der Waals surface area contributed by atoms with Crippen LogP contribution in [0.5, 0.6) is 11.5 Å². The van der Waals surface area contributed by atoms with E-state index < -0.39 is 9.84 Å². The van der Waals surface area contributed by atoms with Crippen molar-refractivity contribution in [2.45, 2.75) is 19.0 Å². The first-order chi connectivity index (χ1) is 9.04. The molecule has 1 aliphatic heterocycles. The highest BCUT2D eigenvalue weighted by molar-refractivity contribution is 7.91. The molecule has 1 aromatic rings. The predicted molar refractivity (Wildman–Crippen MR) is 73.4 cm³/mol. The van der Waals surface area contributed by atoms with Crippen LogP contribution in [0.15, 0.2) is 18.2 Å². The van der Waals surface area contributed by atoms with E-state index in [1.165, 1.54) is 0 Å². The van der Waals surface area contributed by atoms with Crippen LogP contribution in [-0.2, 0) is 16.4 Å². The topological polar surface area (TPSA) is 64.6 Å². The van der Waals surface area contributed by atoms with Crippen molar-refractivity contribution in [1.29, 1.82) is 0 Å². The molecule has 1 atom stereocenters. The Labute approximate surface area is 113 Å². The van der Waals surface area contributed by atoms with Crippen molar-refractivity contribution in [3.63, 3.8) is 0 Å². The number of hydrogen-bond acceptors (Lipinski definition) is 5. The van der Waals surface area contributed by atoms with Gasteiger partial charge in [0.15, 0.2) is 21.3 Å². The van der Waals surface area contributed by atoms with E-state index in [0.29, 0.717) is 24.5 Å². The standard InChI is InChI=1S/C13H19NO4S/c1-17-12-4-3-10(7-13(12)18-2)8-14-11-5-6-19(15,16)9-11/h3-4,7,11,14H,5-6,8-9H2,1-2H3. The third kappa shape index (κ3) is 3.61. The van der Waals surface area contributed by atoms with Crippen molar-refractivity contribution in [1.82, 2.24) is 5.32 Å². The predicted octanol–water partition coefficient (Wildman–Crippen LogP) is 0.980. The number of hydrogen-bond donors (Lipinski definition) is 1. The van der Waals surface area contributed by atoms with Crippen LogP contribution < -0.4 is 14.8 Å². The van der Waals surface area contributed by atoms with Crippen molar-refractivity contribution < 1.29 is 17.9 Å². The summed E-state index contributed by atoms with van der Waals surface area (Å²) in [5.74, 6) is 1.90. The molecule has 2 rings (SSSR count). The molecule has 19 heavy (non-hydrogen) atoms. The Morgan fingerprint density at radius 2 is 2.00 bits per heavy atom. The fourth-order valence-electron chi connectivity index (χ4n) is 2.21. The minimum absolute atomic E-state index is 0.0538. The third-order valence-corrected chi connectivity index (χ3v) is 5.04. The van der Waals surface area contributed by atoms with E-state index in [-0.39, 0.29) is 17.5 Å². The number of methoxy groups -OCH3 is 2. The first-order valence-electron chi connectivity index (χ1n) is 6.19. The summed E-state index contributed by atoms with van der Waals surface area (Å²) >= 11 is 0. The minimum Gasteiger partial charge on any atom is -0.493 e. The van der Waals surface area contributed by atoms with Crippen molar-refractivity contribution in [3.8, 4) is 11.5 Å². The van der Waals surface area contributed by atoms with Crippen LogP contribution in [0.25, 0.3) is 0 Å². The molecule has 0 amide bonds. The fraction of sp³-hybridized carbons (Fsp3) is 0.538. The van der Waals surface area contributed by atoms with Gasteiger partial charge in [0.1, 0.15) is 0 Å². The fourth-order valence-corrected chi connectivity index (χ4v) is 3.92. The lowest BCUT2D eigenvalue weighted by Gasteiger charge is -2.13. The van der Waals surface area contributed by atoms with E-state index in [1.807, 2.05) is 18.2 Å². The van der Waals surface area contributed by atoms with E-state index in [1.54, 1.807) is 14.2 Å². The van der Waals surface area contributed by atoms with Gasteiger partial charge in [0, 0.05) is 12.6 Å². The highest BCUT2D eigenvalue weighted by Crippen LogP contribution is 2.27. The SMILES string of the molecule is COc1ccc(CNC2CCS(=O)(=O)C2)cc1OC. The Bertz CT molecular complexity index is 542. The molecular formula is C13H19NO4S. The second-order valence-electron chi connectivity index (χ2n) is 4.67. The van der Waals surface area contributed by atoms with Gasteiger partial charge in [0.2, 0.25) is 0 Å². The van der Waals surface area contributed by atoms with Crippen LogP contribution in [0.4, 0.5) is 0 Å². The van der Waals surface area contributed by atoms with Gasteiger partial charge in [0.25, 0.3) is 0 Å². The van der Waals surface area contributed by atoms with Crippen molar-refractivity contribution >= 4 is 9.84 Å². The van der Waals surface area contributed by atoms with Crippen LogP contribution in [0, 0.1) is 0 Å². The molecule has 0 bridgehead atoms. The maximum Gasteiger partial charge on any atom is 0.161 e. The van der Waals surface area contributed by atoms with Crippen molar-refractivity contribution in [2.75, 3.05) is 25.7 Å². The number of nitrogens with one attached hydrogen (secondary N) is 1. The zero-order valence-corrected chi connectivity index (χ0v) is 12.0. The van der Waals surface area contributed by atoms with Crippen LogP contribution in [0.3, 0.4) is 0 Å². The summed E-state index contributed by atoms with van der Waals surface area (Å²) in [6.45, 7) is 0.626. The highest BCUT2D eigenvalue weighted by atomic mass is 32.2. The first kappa shape index (κ1) is 14.1. The molecule has 1 aliphatic rings. The zero-order chi connectivity index (χ0) is 13.9. The zero-order valence-electron chi connectivity index (χ0n) is 11.2. The summed E-state index contributed by atoms with van der Waals surface area (Å²) < 4.78 is 33.1. The van der Waals surface area contributed by atoms with E-state index in [4.69, 9.17) is 9.47 Å². The summed E-state index contributed by atoms with van der Waals surface area (Å²) in [7, 11) is 0.362. The molecule has 6 heteroatoms. The molecule has 0 saturated carbocycles. The van der Waals surface area contributed by atoms with Gasteiger partial charge in [-0.15, -0.1) is 0 Å². The quantitative estimate of drug-likeness (QED) is 0.873. The van der Waals surface area contributed by atoms with Crippen LogP contribution in [-0.4, -0.2) is 40.2 Å². The summed E-state index contributed by atoms with van der Waals surface area (Å²) in [6.07, 6.45) is 0.690. The Morgan fingerprint density at radius 3 is 2.58 bits per heavy atom. The number of ether oxygens (including phenoxy) is 2. The second kappa shape index (κ2) is 5.79. The Kier molecular flexibility index (Phi) is 4.31. The molecular weight excluding hydrogens is 266 g/mol. The third-order valence-electron chi connectivity index (χ3n) is 3.28. The van der Waals surface area contributed by atoms with E-state index in [2.05, 4.69) is 5.32 Å². The summed E-state index contributed by atoms with van der Waals surface area (Å²) in [6, 6.07) is 5.74. The summed E-state index contributed by atoms with van der Waals surface area (Å²) in [4.78, 5) is 0. The average molecular weight is 285 g/mol. The van der Waals surface area contributed by atoms with Crippen LogP contribution in [0.1, 0.15) is 12.0 Å². The molecule has 106 valence electrons. The van der Waals surface area contributed by atoms with Crippen molar-refractivity contribution in [3.05, 3.63) is 23.8 Å². The second-order valence-corrected chi connectivity index (χ2v) is 6.90. The molecule has 0 aliphatic carbocycles. The average Bonchev–Trinajstić information content (AvgIpc) is 2.75. The molecule has 0 spiro atoms. The molecule has 1 unspecified atom stereocenters. The Hall–Kier alpha value is -1.27. The molecule has 1 aromatic carbocycles. The molecule has 1 N–H and O–H groups in total. The van der Waals surface area contributed by atoms with E-state index in [9.17, 15) is 8.42 Å². The first-order valence-corrected chi connectivity index (χ1v) is 8.01. The van der Waals surface area contributed by atoms with Gasteiger partial charge in [-0.3, -0.25) is 0 Å². The van der Waals surface area contributed by atoms with Gasteiger partial charge < -0.3 is 14.8 Å². The lowest BCUT2D eigenvalue weighted by Crippen LogP contribution is -2.29. The van der Waals surface area contributed by atoms with Crippen LogP contribution >= 0.6 is 0 Å². The lowest BCUT2D eigenvalue weighted by atomic mass is 10.2. The summed E-state index contributed by atoms with van der Waals surface area (Å²) in [5, 5.41) is 3.27. The lowest BCUT2D eigenvalue weighted by molar-refractivity contribution is 0.354. The minimum atomic E-state index is -2.83. The Morgan fingerprint density at radius 1 is 1.26 bits per heavy atom. The van der Waals surface area contributed by atoms with Gasteiger partial charge in [-0.1, -0.05) is 6.07 Å². The molecule has 0 aromatic heterocycles. The van der Waals surface area contributed by atoms with Gasteiger partial charge in [-0.2, -0.15) is 0 Å². The van der Waals surface area contributed by atoms with Gasteiger partial charge in [-0.05, 0) is 24.1 Å². The molecule has 1 saturated heterocycles. The van der Waals surface area contributed by atoms with Crippen LogP contribution in [0.2, 0.25) is 0 Å². The highest BCUT2D eigenvalue weighted by Gasteiger charge is 2.27. The van der Waals surface area contributed by atoms with Gasteiger partial charge >= 0.3 is 0 Å². The molecule has 5 nitrogen and oxygen atoms in total. The maximum absolute atomic E-state index is 11.4. The molecule has 0 radical (unpaired) electrons. The summed E-state index contributed by atoms with van der Waals surface area (Å²) in [5.41, 5.74) is 1.04. The number of rotatable bonds is 5. The van der Waals surface area contributed by atoms with Gasteiger partial charge in [0.05, 0.1) is 25.7 Å². The monoisotopic (exact) mass is 285 g/mol. The number of benzene rings is 1.